The normalized spacial score (nSPS) is 15.2. The van der Waals surface area contributed by atoms with Crippen LogP contribution < -0.4 is 9.47 Å². The van der Waals surface area contributed by atoms with Crippen molar-refractivity contribution >= 4 is 11.6 Å². The van der Waals surface area contributed by atoms with E-state index in [1.54, 1.807) is 30.3 Å². The summed E-state index contributed by atoms with van der Waals surface area (Å²) in [4.78, 5) is 21.5. The van der Waals surface area contributed by atoms with Gasteiger partial charge in [0.25, 0.3) is 5.91 Å². The number of aromatic nitrogens is 3. The number of hydrogen-bond donors (Lipinski definition) is 1. The largest absolute Gasteiger partial charge is 0.497 e. The number of aliphatic hydroxyl groups excluding tert-OH is 1. The number of carbonyl (C=O) groups excluding carboxylic acids is 1. The van der Waals surface area contributed by atoms with Crippen molar-refractivity contribution in [1.82, 2.24) is 24.4 Å². The highest BCUT2D eigenvalue weighted by atomic mass is 19.4. The second-order valence-electron chi connectivity index (χ2n) is 9.90. The smallest absolute Gasteiger partial charge is 0.433 e. The Labute approximate surface area is 238 Å². The molecule has 1 aliphatic rings. The van der Waals surface area contributed by atoms with E-state index < -0.39 is 29.6 Å². The third-order valence-corrected chi connectivity index (χ3v) is 7.48. The summed E-state index contributed by atoms with van der Waals surface area (Å²) >= 11 is 0. The number of rotatable bonds is 7. The maximum Gasteiger partial charge on any atom is 0.433 e. The zero-order chi connectivity index (χ0) is 30.2. The molecule has 0 unspecified atom stereocenters. The number of fused-ring (bicyclic) bond motifs is 1. The maximum atomic E-state index is 14.3. The summed E-state index contributed by atoms with van der Waals surface area (Å²) in [5.41, 5.74) is -0.365. The molecular weight excluding hydrogens is 558 g/mol. The van der Waals surface area contributed by atoms with E-state index in [2.05, 4.69) is 10.1 Å². The predicted octanol–water partition coefficient (Wildman–Crippen LogP) is 4.37. The van der Waals surface area contributed by atoms with Crippen LogP contribution in [0.25, 0.3) is 16.9 Å². The van der Waals surface area contributed by atoms with Gasteiger partial charge in [0.2, 0.25) is 0 Å². The van der Waals surface area contributed by atoms with Gasteiger partial charge < -0.3 is 19.5 Å². The third kappa shape index (κ3) is 5.49. The highest BCUT2D eigenvalue weighted by Gasteiger charge is 2.39. The minimum atomic E-state index is -4.76. The van der Waals surface area contributed by atoms with Crippen molar-refractivity contribution in [3.05, 3.63) is 76.9 Å². The minimum absolute atomic E-state index is 0.0581. The number of carbonyl (C=O) groups is 1. The number of hydrogen-bond acceptors (Lipinski definition) is 7. The SMILES string of the molecule is COc1ccc(-c2nc3c(C(=O)N4CCN([C@H](CO)c5cc(F)cc(OC)c5)CC4)cnn3c(C(F)(F)F)c2C)cc1. The monoisotopic (exact) mass is 587 g/mol. The number of benzene rings is 2. The number of amides is 1. The Kier molecular flexibility index (Phi) is 8.06. The molecule has 222 valence electrons. The van der Waals surface area contributed by atoms with Crippen molar-refractivity contribution in [2.24, 2.45) is 0 Å². The van der Waals surface area contributed by atoms with Crippen LogP contribution in [0.5, 0.6) is 11.5 Å². The Morgan fingerprint density at radius 3 is 2.29 bits per heavy atom. The quantitative estimate of drug-likeness (QED) is 0.321. The zero-order valence-electron chi connectivity index (χ0n) is 23.2. The first-order chi connectivity index (χ1) is 20.0. The van der Waals surface area contributed by atoms with Gasteiger partial charge in [0.15, 0.2) is 11.3 Å². The van der Waals surface area contributed by atoms with Crippen molar-refractivity contribution in [3.63, 3.8) is 0 Å². The summed E-state index contributed by atoms with van der Waals surface area (Å²) in [6, 6.07) is 10.1. The highest BCUT2D eigenvalue weighted by molar-refractivity contribution is 6.00. The Bertz CT molecular complexity index is 1600. The first-order valence-electron chi connectivity index (χ1n) is 13.1. The Morgan fingerprint density at radius 2 is 1.69 bits per heavy atom. The Balaban J connectivity index is 1.44. The van der Waals surface area contributed by atoms with E-state index in [1.807, 2.05) is 4.90 Å². The van der Waals surface area contributed by atoms with Gasteiger partial charge in [0, 0.05) is 43.4 Å². The number of ether oxygens (including phenoxy) is 2. The van der Waals surface area contributed by atoms with Crippen LogP contribution in [0.2, 0.25) is 0 Å². The van der Waals surface area contributed by atoms with Crippen LogP contribution in [0.15, 0.2) is 48.7 Å². The predicted molar refractivity (Wildman–Crippen MR) is 145 cm³/mol. The molecule has 0 radical (unpaired) electrons. The molecule has 5 rings (SSSR count). The highest BCUT2D eigenvalue weighted by Crippen LogP contribution is 2.37. The summed E-state index contributed by atoms with van der Waals surface area (Å²) in [6.07, 6.45) is -3.65. The maximum absolute atomic E-state index is 14.3. The van der Waals surface area contributed by atoms with E-state index in [0.717, 1.165) is 6.20 Å². The summed E-state index contributed by atoms with van der Waals surface area (Å²) < 4.78 is 67.9. The molecule has 2 aromatic heterocycles. The molecule has 1 saturated heterocycles. The lowest BCUT2D eigenvalue weighted by Crippen LogP contribution is -2.50. The van der Waals surface area contributed by atoms with Crippen molar-refractivity contribution in [2.45, 2.75) is 19.1 Å². The summed E-state index contributed by atoms with van der Waals surface area (Å²) in [5, 5.41) is 14.0. The van der Waals surface area contributed by atoms with Gasteiger partial charge in [-0.25, -0.2) is 13.9 Å². The molecule has 1 atom stereocenters. The van der Waals surface area contributed by atoms with Gasteiger partial charge in [-0.2, -0.15) is 18.3 Å². The van der Waals surface area contributed by atoms with Crippen molar-refractivity contribution < 1.29 is 36.9 Å². The lowest BCUT2D eigenvalue weighted by atomic mass is 10.0. The molecule has 2 aromatic carbocycles. The molecule has 1 amide bonds. The number of aliphatic hydroxyl groups is 1. The van der Waals surface area contributed by atoms with Crippen molar-refractivity contribution in [2.75, 3.05) is 47.0 Å². The molecule has 1 fully saturated rings. The molecule has 0 spiro atoms. The molecule has 0 aliphatic carbocycles. The Hall–Kier alpha value is -4.23. The van der Waals surface area contributed by atoms with E-state index in [-0.39, 0.29) is 42.2 Å². The summed E-state index contributed by atoms with van der Waals surface area (Å²) in [7, 11) is 2.91. The fourth-order valence-electron chi connectivity index (χ4n) is 5.32. The topological polar surface area (TPSA) is 92.4 Å². The zero-order valence-corrected chi connectivity index (χ0v) is 23.2. The van der Waals surface area contributed by atoms with Gasteiger partial charge in [0.1, 0.15) is 22.9 Å². The van der Waals surface area contributed by atoms with Crippen LogP contribution in [0.3, 0.4) is 0 Å². The molecule has 9 nitrogen and oxygen atoms in total. The lowest BCUT2D eigenvalue weighted by Gasteiger charge is -2.38. The molecule has 42 heavy (non-hydrogen) atoms. The van der Waals surface area contributed by atoms with Crippen molar-refractivity contribution in [3.8, 4) is 22.8 Å². The van der Waals surface area contributed by atoms with Gasteiger partial charge >= 0.3 is 6.18 Å². The van der Waals surface area contributed by atoms with Crippen LogP contribution >= 0.6 is 0 Å². The molecule has 3 heterocycles. The van der Waals surface area contributed by atoms with Crippen LogP contribution in [0, 0.1) is 12.7 Å². The molecule has 1 aliphatic heterocycles. The fourth-order valence-corrected chi connectivity index (χ4v) is 5.32. The molecule has 1 N–H and O–H groups in total. The number of methoxy groups -OCH3 is 2. The van der Waals surface area contributed by atoms with Gasteiger partial charge in [-0.3, -0.25) is 9.69 Å². The summed E-state index contributed by atoms with van der Waals surface area (Å²) in [6.45, 7) is 2.17. The van der Waals surface area contributed by atoms with E-state index in [0.29, 0.717) is 40.2 Å². The van der Waals surface area contributed by atoms with Gasteiger partial charge in [-0.15, -0.1) is 0 Å². The molecule has 0 bridgehead atoms. The molecule has 0 saturated carbocycles. The van der Waals surface area contributed by atoms with Crippen LogP contribution in [0.4, 0.5) is 17.6 Å². The van der Waals surface area contributed by atoms with Crippen LogP contribution in [-0.2, 0) is 6.18 Å². The number of halogens is 4. The van der Waals surface area contributed by atoms with E-state index in [4.69, 9.17) is 9.47 Å². The number of nitrogens with zero attached hydrogens (tertiary/aromatic N) is 5. The second-order valence-corrected chi connectivity index (χ2v) is 9.90. The van der Waals surface area contributed by atoms with Gasteiger partial charge in [-0.1, -0.05) is 0 Å². The molecule has 4 aromatic rings. The average Bonchev–Trinajstić information content (AvgIpc) is 3.39. The van der Waals surface area contributed by atoms with Crippen molar-refractivity contribution in [1.29, 1.82) is 0 Å². The van der Waals surface area contributed by atoms with Gasteiger partial charge in [-0.05, 0) is 48.9 Å². The standard InChI is InChI=1S/C29H29F4N5O4/c1-17-25(18-4-6-21(41-2)7-5-18)35-27-23(15-34-38(27)26(17)29(31,32)33)28(40)37-10-8-36(9-11-37)24(16-39)19-12-20(30)14-22(13-19)42-3/h4-7,12-15,24,39H,8-11,16H2,1-3H3/t24-/m1/s1. The fraction of sp³-hybridized carbons (Fsp3) is 0.345. The number of piperazine rings is 1. The second kappa shape index (κ2) is 11.6. The van der Waals surface area contributed by atoms with Gasteiger partial charge in [0.05, 0.1) is 38.8 Å². The first kappa shape index (κ1) is 29.3. The molecule has 13 heteroatoms. The molecular formula is C29H29F4N5O4. The average molecular weight is 588 g/mol. The Morgan fingerprint density at radius 1 is 1.02 bits per heavy atom. The van der Waals surface area contributed by atoms with Crippen LogP contribution in [0.1, 0.15) is 33.2 Å². The van der Waals surface area contributed by atoms with E-state index in [9.17, 15) is 27.5 Å². The van der Waals surface area contributed by atoms with E-state index in [1.165, 1.54) is 38.2 Å². The number of alkyl halides is 3. The van der Waals surface area contributed by atoms with Crippen LogP contribution in [-0.4, -0.2) is 82.4 Å². The van der Waals surface area contributed by atoms with E-state index >= 15 is 0 Å². The lowest BCUT2D eigenvalue weighted by molar-refractivity contribution is -0.143. The third-order valence-electron chi connectivity index (χ3n) is 7.48. The first-order valence-corrected chi connectivity index (χ1v) is 13.1. The minimum Gasteiger partial charge on any atom is -0.497 e. The summed E-state index contributed by atoms with van der Waals surface area (Å²) in [5.74, 6) is -0.157.